The van der Waals surface area contributed by atoms with Crippen molar-refractivity contribution >= 4 is 35.0 Å². The highest BCUT2D eigenvalue weighted by Crippen LogP contribution is 2.58. The Balaban J connectivity index is 0.922. The predicted molar refractivity (Wildman–Crippen MR) is 177 cm³/mol. The van der Waals surface area contributed by atoms with Crippen LogP contribution in [0.4, 0.5) is 11.4 Å². The standard InChI is InChI=1S/C40H40N2O4/c1-3-5-6-7-9-26-20-28-22-32(26)36-34(28)38(44)42(40(36)46)30-16-12-24(13-17-30)18-23-10-14-29(15-11-23)41-37(43)33-27-19-25(8-4-2)31(21-27)35(33)39(41)45/h4,6-7,10-17,19-20,27-28,31-36H,2-3,5,8-9,18,21-22H2,1H3/b7-6+. The minimum atomic E-state index is -0.245. The van der Waals surface area contributed by atoms with Gasteiger partial charge in [-0.2, -0.15) is 0 Å². The fourth-order valence-electron chi connectivity index (χ4n) is 9.63. The van der Waals surface area contributed by atoms with Gasteiger partial charge >= 0.3 is 0 Å². The molecule has 6 aliphatic rings. The van der Waals surface area contributed by atoms with E-state index in [9.17, 15) is 19.2 Å². The molecule has 2 aromatic carbocycles. The maximum atomic E-state index is 13.6. The lowest BCUT2D eigenvalue weighted by Gasteiger charge is -2.21. The Labute approximate surface area is 270 Å². The summed E-state index contributed by atoms with van der Waals surface area (Å²) in [5.74, 6) is -0.533. The van der Waals surface area contributed by atoms with Crippen LogP contribution in [-0.2, 0) is 25.6 Å². The van der Waals surface area contributed by atoms with Gasteiger partial charge in [0.05, 0.1) is 35.0 Å². The van der Waals surface area contributed by atoms with E-state index in [1.165, 1.54) is 20.9 Å². The summed E-state index contributed by atoms with van der Waals surface area (Å²) in [5, 5.41) is 0. The molecule has 2 aliphatic heterocycles. The first-order valence-electron chi connectivity index (χ1n) is 17.0. The van der Waals surface area contributed by atoms with Gasteiger partial charge in [-0.1, -0.05) is 79.1 Å². The molecule has 0 spiro atoms. The number of carbonyl (C=O) groups excluding carboxylic acids is 4. The zero-order chi connectivity index (χ0) is 31.7. The van der Waals surface area contributed by atoms with Gasteiger partial charge < -0.3 is 0 Å². The quantitative estimate of drug-likeness (QED) is 0.215. The van der Waals surface area contributed by atoms with Crippen LogP contribution in [0, 0.1) is 47.3 Å². The molecule has 8 rings (SSSR count). The van der Waals surface area contributed by atoms with E-state index in [1.807, 2.05) is 54.6 Å². The number of hydrogen-bond acceptors (Lipinski definition) is 4. The number of amides is 4. The van der Waals surface area contributed by atoms with Crippen LogP contribution in [0.1, 0.15) is 56.6 Å². The number of imide groups is 2. The summed E-state index contributed by atoms with van der Waals surface area (Å²) < 4.78 is 0. The van der Waals surface area contributed by atoms with E-state index in [2.05, 4.69) is 37.8 Å². The third kappa shape index (κ3) is 4.36. The van der Waals surface area contributed by atoms with Crippen LogP contribution in [0.2, 0.25) is 0 Å². The molecular weight excluding hydrogens is 572 g/mol. The second-order valence-electron chi connectivity index (χ2n) is 14.1. The number of unbranched alkanes of at least 4 members (excludes halogenated alkanes) is 1. The van der Waals surface area contributed by atoms with E-state index in [4.69, 9.17) is 0 Å². The number of anilines is 2. The highest BCUT2D eigenvalue weighted by atomic mass is 16.2. The maximum Gasteiger partial charge on any atom is 0.238 e. The molecule has 4 amide bonds. The molecule has 234 valence electrons. The van der Waals surface area contributed by atoms with Gasteiger partial charge in [0.2, 0.25) is 23.6 Å². The van der Waals surface area contributed by atoms with Gasteiger partial charge in [-0.3, -0.25) is 29.0 Å². The molecule has 4 aliphatic carbocycles. The van der Waals surface area contributed by atoms with Crippen LogP contribution in [0.15, 0.2) is 96.6 Å². The average molecular weight is 613 g/mol. The molecule has 0 radical (unpaired) electrons. The van der Waals surface area contributed by atoms with Gasteiger partial charge in [0, 0.05) is 0 Å². The molecule has 4 fully saturated rings. The third-order valence-electron chi connectivity index (χ3n) is 11.6. The Morgan fingerprint density at radius 1 is 0.652 bits per heavy atom. The number of hydrogen-bond donors (Lipinski definition) is 0. The Kier molecular flexibility index (Phi) is 7.08. The topological polar surface area (TPSA) is 74.8 Å². The summed E-state index contributed by atoms with van der Waals surface area (Å²) in [7, 11) is 0. The lowest BCUT2D eigenvalue weighted by atomic mass is 9.80. The molecule has 2 aromatic rings. The number of rotatable bonds is 10. The first-order chi connectivity index (χ1) is 22.4. The zero-order valence-electron chi connectivity index (χ0n) is 26.3. The average Bonchev–Trinajstić information content (AvgIpc) is 3.89. The van der Waals surface area contributed by atoms with E-state index in [0.29, 0.717) is 17.8 Å². The van der Waals surface area contributed by atoms with E-state index in [1.54, 1.807) is 0 Å². The van der Waals surface area contributed by atoms with Crippen molar-refractivity contribution in [2.75, 3.05) is 9.80 Å². The highest BCUT2D eigenvalue weighted by Gasteiger charge is 2.62. The predicted octanol–water partition coefficient (Wildman–Crippen LogP) is 6.96. The van der Waals surface area contributed by atoms with Crippen LogP contribution in [0.5, 0.6) is 0 Å². The smallest absolute Gasteiger partial charge is 0.238 e. The first-order valence-corrected chi connectivity index (χ1v) is 17.0. The molecule has 2 saturated carbocycles. The van der Waals surface area contributed by atoms with Gasteiger partial charge in [0.1, 0.15) is 0 Å². The van der Waals surface area contributed by atoms with Crippen LogP contribution in [0.3, 0.4) is 0 Å². The maximum absolute atomic E-state index is 13.6. The molecule has 46 heavy (non-hydrogen) atoms. The van der Waals surface area contributed by atoms with E-state index >= 15 is 0 Å². The summed E-state index contributed by atoms with van der Waals surface area (Å²) in [4.78, 5) is 56.8. The monoisotopic (exact) mass is 612 g/mol. The molecule has 4 bridgehead atoms. The largest absolute Gasteiger partial charge is 0.274 e. The van der Waals surface area contributed by atoms with Crippen LogP contribution in [0.25, 0.3) is 0 Å². The second kappa shape index (κ2) is 11.2. The van der Waals surface area contributed by atoms with Crippen molar-refractivity contribution in [2.24, 2.45) is 47.3 Å². The lowest BCUT2D eigenvalue weighted by molar-refractivity contribution is -0.124. The van der Waals surface area contributed by atoms with Crippen molar-refractivity contribution in [1.82, 2.24) is 0 Å². The molecular formula is C40H40N2O4. The Hall–Kier alpha value is -4.32. The summed E-state index contributed by atoms with van der Waals surface area (Å²) in [6.45, 7) is 6.02. The molecule has 2 saturated heterocycles. The van der Waals surface area contributed by atoms with Crippen LogP contribution >= 0.6 is 0 Å². The molecule has 0 N–H and O–H groups in total. The molecule has 8 atom stereocenters. The highest BCUT2D eigenvalue weighted by molar-refractivity contribution is 6.23. The number of allylic oxidation sites excluding steroid dienone is 7. The normalized spacial score (nSPS) is 32.2. The summed E-state index contributed by atoms with van der Waals surface area (Å²) in [6.07, 6.45) is 17.1. The minimum Gasteiger partial charge on any atom is -0.274 e. The van der Waals surface area contributed by atoms with Crippen molar-refractivity contribution in [1.29, 1.82) is 0 Å². The molecule has 0 aromatic heterocycles. The second-order valence-corrected chi connectivity index (χ2v) is 14.1. The minimum absolute atomic E-state index is 0.0511. The van der Waals surface area contributed by atoms with Crippen LogP contribution in [-0.4, -0.2) is 23.6 Å². The number of benzene rings is 2. The third-order valence-corrected chi connectivity index (χ3v) is 11.6. The van der Waals surface area contributed by atoms with Gasteiger partial charge in [-0.15, -0.1) is 6.58 Å². The van der Waals surface area contributed by atoms with Gasteiger partial charge in [0.15, 0.2) is 0 Å². The number of nitrogens with zero attached hydrogens (tertiary/aromatic N) is 2. The van der Waals surface area contributed by atoms with Gasteiger partial charge in [0.25, 0.3) is 0 Å². The van der Waals surface area contributed by atoms with Crippen molar-refractivity contribution in [3.8, 4) is 0 Å². The Morgan fingerprint density at radius 2 is 1.11 bits per heavy atom. The van der Waals surface area contributed by atoms with Crippen molar-refractivity contribution in [2.45, 2.75) is 51.9 Å². The van der Waals surface area contributed by atoms with Crippen molar-refractivity contribution in [3.05, 3.63) is 108 Å². The molecule has 8 unspecified atom stereocenters. The molecule has 2 heterocycles. The first kappa shape index (κ1) is 29.1. The number of carbonyl (C=O) groups is 4. The van der Waals surface area contributed by atoms with E-state index in [0.717, 1.165) is 49.7 Å². The Morgan fingerprint density at radius 3 is 1.57 bits per heavy atom. The summed E-state index contributed by atoms with van der Waals surface area (Å²) in [6, 6.07) is 15.4. The van der Waals surface area contributed by atoms with Crippen molar-refractivity contribution in [3.63, 3.8) is 0 Å². The lowest BCUT2D eigenvalue weighted by Crippen LogP contribution is -2.33. The summed E-state index contributed by atoms with van der Waals surface area (Å²) >= 11 is 0. The van der Waals surface area contributed by atoms with E-state index < -0.39 is 0 Å². The molecule has 6 heteroatoms. The van der Waals surface area contributed by atoms with Crippen LogP contribution < -0.4 is 9.80 Å². The van der Waals surface area contributed by atoms with Crippen molar-refractivity contribution < 1.29 is 19.2 Å². The fourth-order valence-corrected chi connectivity index (χ4v) is 9.63. The van der Waals surface area contributed by atoms with E-state index in [-0.39, 0.29) is 71.0 Å². The molecule has 6 nitrogen and oxygen atoms in total. The zero-order valence-corrected chi connectivity index (χ0v) is 26.3. The fraction of sp³-hybridized carbons (Fsp3) is 0.400. The summed E-state index contributed by atoms with van der Waals surface area (Å²) in [5.41, 5.74) is 5.97. The van der Waals surface area contributed by atoms with Gasteiger partial charge in [-0.25, -0.2) is 0 Å². The SMILES string of the molecule is C=CCC1=CC2CC1C1C(=O)N(c3ccc(Cc4ccc(N5C(=O)C6C7C=C(C/C=C/CCC)C(C7)C6C5=O)cc4)cc3)C(=O)C21. The number of fused-ring (bicyclic) bond motifs is 10. The Bertz CT molecular complexity index is 1730. The van der Waals surface area contributed by atoms with Gasteiger partial charge in [-0.05, 0) is 97.6 Å².